The van der Waals surface area contributed by atoms with Crippen LogP contribution >= 0.6 is 0 Å². The maximum atomic E-state index is 6.55. The number of benzene rings is 6. The first-order valence-electron chi connectivity index (χ1n) is 13.6. The number of nitrogens with one attached hydrogen (secondary N) is 1. The monoisotopic (exact) mass is 513 g/mol. The predicted octanol–water partition coefficient (Wildman–Crippen LogP) is 7.38. The van der Waals surface area contributed by atoms with Gasteiger partial charge in [-0.2, -0.15) is 0 Å². The van der Waals surface area contributed by atoms with Crippen molar-refractivity contribution in [1.29, 1.82) is 0 Å². The van der Waals surface area contributed by atoms with E-state index in [-0.39, 0.29) is 6.29 Å². The molecule has 2 aromatic heterocycles. The molecule has 40 heavy (non-hydrogen) atoms. The van der Waals surface area contributed by atoms with E-state index < -0.39 is 0 Å². The lowest BCUT2D eigenvalue weighted by Crippen LogP contribution is -2.41. The molecule has 0 radical (unpaired) electrons. The summed E-state index contributed by atoms with van der Waals surface area (Å²) in [5.74, 6) is 0. The summed E-state index contributed by atoms with van der Waals surface area (Å²) in [5.41, 5.74) is 6.35. The average Bonchev–Trinajstić information content (AvgIpc) is 3.58. The summed E-state index contributed by atoms with van der Waals surface area (Å²) in [5, 5.41) is 12.9. The Hall–Kier alpha value is -5.35. The molecule has 0 fully saturated rings. The highest BCUT2D eigenvalue weighted by Gasteiger charge is 2.26. The van der Waals surface area contributed by atoms with Gasteiger partial charge in [0, 0.05) is 37.5 Å². The second kappa shape index (κ2) is 8.08. The number of hydrogen-bond acceptors (Lipinski definition) is 3. The molecule has 0 bridgehead atoms. The molecule has 1 N–H and O–H groups in total. The number of rotatable bonds is 2. The van der Waals surface area contributed by atoms with Crippen LogP contribution in [0.4, 0.5) is 0 Å². The summed E-state index contributed by atoms with van der Waals surface area (Å²) in [4.78, 5) is 5.31. The van der Waals surface area contributed by atoms with Crippen LogP contribution < -0.4 is 15.9 Å². The molecule has 6 aromatic carbocycles. The van der Waals surface area contributed by atoms with Gasteiger partial charge in [0.2, 0.25) is 6.29 Å². The topological polar surface area (TPSA) is 42.5 Å². The molecule has 0 saturated carbocycles. The lowest BCUT2D eigenvalue weighted by molar-refractivity contribution is 0.490. The molecule has 4 heteroatoms. The quantitative estimate of drug-likeness (QED) is 0.262. The maximum Gasteiger partial charge on any atom is 0.201 e. The smallest absolute Gasteiger partial charge is 0.201 e. The normalized spacial score (nSPS) is 15.1. The van der Waals surface area contributed by atoms with Crippen LogP contribution in [0.2, 0.25) is 0 Å². The van der Waals surface area contributed by atoms with Crippen molar-refractivity contribution in [2.24, 2.45) is 4.99 Å². The SMILES string of the molecule is c1ccc(C2=c3ccccc3=NC(n3c4ccccc4c4c5c6ccccc6oc5c5ccccc5c43)N2)cc1. The van der Waals surface area contributed by atoms with Crippen LogP contribution in [0.25, 0.3) is 60.2 Å². The Morgan fingerprint density at radius 1 is 0.600 bits per heavy atom. The summed E-state index contributed by atoms with van der Waals surface area (Å²) < 4.78 is 8.93. The fourth-order valence-electron chi connectivity index (χ4n) is 6.54. The maximum absolute atomic E-state index is 6.55. The van der Waals surface area contributed by atoms with Gasteiger partial charge in [-0.25, -0.2) is 4.99 Å². The molecule has 3 heterocycles. The Morgan fingerprint density at radius 3 is 2.15 bits per heavy atom. The van der Waals surface area contributed by atoms with Gasteiger partial charge >= 0.3 is 0 Å². The second-order valence-corrected chi connectivity index (χ2v) is 10.4. The third kappa shape index (κ3) is 2.88. The van der Waals surface area contributed by atoms with Gasteiger partial charge in [-0.3, -0.25) is 0 Å². The van der Waals surface area contributed by atoms with Crippen LogP contribution in [-0.4, -0.2) is 4.57 Å². The molecule has 188 valence electrons. The molecule has 0 spiro atoms. The van der Waals surface area contributed by atoms with Gasteiger partial charge < -0.3 is 14.3 Å². The number of fused-ring (bicyclic) bond motifs is 11. The van der Waals surface area contributed by atoms with Crippen molar-refractivity contribution in [2.45, 2.75) is 6.29 Å². The van der Waals surface area contributed by atoms with E-state index in [0.717, 1.165) is 65.6 Å². The second-order valence-electron chi connectivity index (χ2n) is 10.4. The third-order valence-electron chi connectivity index (χ3n) is 8.20. The lowest BCUT2D eigenvalue weighted by Gasteiger charge is -2.25. The number of para-hydroxylation sites is 3. The number of aromatic nitrogens is 1. The van der Waals surface area contributed by atoms with E-state index in [1.54, 1.807) is 0 Å². The number of nitrogens with zero attached hydrogens (tertiary/aromatic N) is 2. The molecule has 8 aromatic rings. The van der Waals surface area contributed by atoms with Crippen molar-refractivity contribution >= 4 is 60.2 Å². The largest absolute Gasteiger partial charge is 0.455 e. The van der Waals surface area contributed by atoms with Gasteiger partial charge in [0.05, 0.1) is 22.1 Å². The van der Waals surface area contributed by atoms with Crippen LogP contribution in [0.1, 0.15) is 11.9 Å². The van der Waals surface area contributed by atoms with Gasteiger partial charge in [-0.1, -0.05) is 109 Å². The van der Waals surface area contributed by atoms with Gasteiger partial charge in [-0.15, -0.1) is 0 Å². The molecule has 4 nitrogen and oxygen atoms in total. The zero-order chi connectivity index (χ0) is 26.2. The van der Waals surface area contributed by atoms with Crippen molar-refractivity contribution in [2.75, 3.05) is 0 Å². The zero-order valence-corrected chi connectivity index (χ0v) is 21.5. The highest BCUT2D eigenvalue weighted by Crippen LogP contribution is 2.45. The van der Waals surface area contributed by atoms with E-state index in [1.807, 2.05) is 6.07 Å². The first-order chi connectivity index (χ1) is 19.9. The number of hydrogen-bond donors (Lipinski definition) is 1. The van der Waals surface area contributed by atoms with Crippen molar-refractivity contribution in [3.8, 4) is 0 Å². The molecule has 1 unspecified atom stereocenters. The van der Waals surface area contributed by atoms with E-state index in [1.165, 1.54) is 10.8 Å². The number of furan rings is 1. The Balaban J connectivity index is 1.47. The Morgan fingerprint density at radius 2 is 1.27 bits per heavy atom. The fourth-order valence-corrected chi connectivity index (χ4v) is 6.54. The van der Waals surface area contributed by atoms with Crippen LogP contribution in [0.3, 0.4) is 0 Å². The standard InChI is InChI=1S/C36H23N3O/c1-2-12-22(13-3-1)33-25-16-6-9-19-28(25)37-36(38-33)39-29-20-10-7-17-26(29)31-32-27-18-8-11-21-30(27)40-35(32)24-15-5-4-14-23(24)34(31)39/h1-21,36,38H. The molecule has 0 amide bonds. The van der Waals surface area contributed by atoms with Crippen molar-refractivity contribution in [1.82, 2.24) is 9.88 Å². The summed E-state index contributed by atoms with van der Waals surface area (Å²) in [6, 6.07) is 44.5. The first-order valence-corrected chi connectivity index (χ1v) is 13.6. The molecule has 1 aliphatic rings. The lowest BCUT2D eigenvalue weighted by atomic mass is 9.99. The van der Waals surface area contributed by atoms with Crippen LogP contribution in [0.15, 0.2) is 137 Å². The van der Waals surface area contributed by atoms with Crippen molar-refractivity contribution in [3.63, 3.8) is 0 Å². The third-order valence-corrected chi connectivity index (χ3v) is 8.20. The van der Waals surface area contributed by atoms with E-state index in [9.17, 15) is 0 Å². The molecule has 1 atom stereocenters. The zero-order valence-electron chi connectivity index (χ0n) is 21.5. The Labute approximate surface area is 229 Å². The molecule has 9 rings (SSSR count). The van der Waals surface area contributed by atoms with E-state index in [0.29, 0.717) is 0 Å². The molecule has 0 aliphatic carbocycles. The van der Waals surface area contributed by atoms with Crippen LogP contribution in [-0.2, 0) is 0 Å². The summed E-state index contributed by atoms with van der Waals surface area (Å²) in [6.45, 7) is 0. The molecular formula is C36H23N3O. The van der Waals surface area contributed by atoms with Gasteiger partial charge in [0.1, 0.15) is 11.2 Å². The molecule has 0 saturated heterocycles. The van der Waals surface area contributed by atoms with E-state index in [2.05, 4.69) is 131 Å². The minimum absolute atomic E-state index is 0.341. The average molecular weight is 514 g/mol. The van der Waals surface area contributed by atoms with Crippen molar-refractivity contribution < 1.29 is 4.42 Å². The first kappa shape index (κ1) is 21.6. The fraction of sp³-hybridized carbons (Fsp3) is 0.0278. The summed E-state index contributed by atoms with van der Waals surface area (Å²) >= 11 is 0. The minimum Gasteiger partial charge on any atom is -0.455 e. The Kier molecular flexibility index (Phi) is 4.35. The van der Waals surface area contributed by atoms with Crippen LogP contribution in [0, 0.1) is 0 Å². The summed E-state index contributed by atoms with van der Waals surface area (Å²) in [7, 11) is 0. The van der Waals surface area contributed by atoms with Gasteiger partial charge in [0.15, 0.2) is 0 Å². The Bertz CT molecular complexity index is 2410. The highest BCUT2D eigenvalue weighted by atomic mass is 16.3. The van der Waals surface area contributed by atoms with Gasteiger partial charge in [-0.05, 0) is 23.8 Å². The highest BCUT2D eigenvalue weighted by molar-refractivity contribution is 6.35. The van der Waals surface area contributed by atoms with Crippen LogP contribution in [0.5, 0.6) is 0 Å². The van der Waals surface area contributed by atoms with E-state index in [4.69, 9.17) is 9.41 Å². The predicted molar refractivity (Wildman–Crippen MR) is 163 cm³/mol. The molecular weight excluding hydrogens is 490 g/mol. The minimum atomic E-state index is -0.341. The molecule has 1 aliphatic heterocycles. The van der Waals surface area contributed by atoms with Gasteiger partial charge in [0.25, 0.3) is 0 Å². The van der Waals surface area contributed by atoms with E-state index >= 15 is 0 Å². The summed E-state index contributed by atoms with van der Waals surface area (Å²) in [6.07, 6.45) is -0.341. The van der Waals surface area contributed by atoms with Crippen molar-refractivity contribution in [3.05, 3.63) is 144 Å².